The minimum absolute atomic E-state index is 0.0315. The van der Waals surface area contributed by atoms with Crippen LogP contribution in [0.15, 0.2) is 212 Å². The molecule has 2 nitrogen and oxygen atoms in total. The standard InChI is InChI=1S/C72H62N2/c1-69(2)61-21-13-9-17-53(61)57-37-33-49(41-65(57)69)73(50-34-38-58-54-18-10-14-22-62(54)70(3,4)66(58)42-50)47-29-25-45(26-30-47)46-27-31-48(32-28-46)74(51-35-39-59-55-19-11-15-23-63(55)71(5,6)67(59)43-51)52-36-40-60-56-20-12-16-24-64(56)72(7,8)68(60)44-52/h9-15,17-23,25-44H,16,24H2,1-8H3. The molecule has 0 bridgehead atoms. The van der Waals surface area contributed by atoms with Crippen molar-refractivity contribution >= 4 is 39.7 Å². The lowest BCUT2D eigenvalue weighted by atomic mass is 9.78. The molecule has 0 aromatic heterocycles. The molecular formula is C72H62N2. The molecule has 0 heterocycles. The van der Waals surface area contributed by atoms with Crippen LogP contribution in [0, 0.1) is 0 Å². The first-order valence-corrected chi connectivity index (χ1v) is 26.8. The van der Waals surface area contributed by atoms with Crippen LogP contribution in [0.1, 0.15) is 113 Å². The number of anilines is 6. The minimum atomic E-state index is -0.116. The van der Waals surface area contributed by atoms with Crippen LogP contribution in [0.25, 0.3) is 50.1 Å². The van der Waals surface area contributed by atoms with Gasteiger partial charge < -0.3 is 9.80 Å². The third-order valence-corrected chi connectivity index (χ3v) is 18.2. The Morgan fingerprint density at radius 1 is 0.297 bits per heavy atom. The van der Waals surface area contributed by atoms with Crippen LogP contribution in [0.5, 0.6) is 0 Å². The highest BCUT2D eigenvalue weighted by atomic mass is 15.1. The van der Waals surface area contributed by atoms with Gasteiger partial charge in [0.15, 0.2) is 0 Å². The summed E-state index contributed by atoms with van der Waals surface area (Å²) >= 11 is 0. The van der Waals surface area contributed by atoms with Crippen LogP contribution in [0.3, 0.4) is 0 Å². The zero-order valence-electron chi connectivity index (χ0n) is 43.9. The van der Waals surface area contributed by atoms with E-state index >= 15 is 0 Å². The van der Waals surface area contributed by atoms with Gasteiger partial charge in [0, 0.05) is 55.8 Å². The zero-order chi connectivity index (χ0) is 50.5. The first kappa shape index (κ1) is 44.7. The van der Waals surface area contributed by atoms with Gasteiger partial charge >= 0.3 is 0 Å². The molecular weight excluding hydrogens is 893 g/mol. The first-order chi connectivity index (χ1) is 35.7. The smallest absolute Gasteiger partial charge is 0.0465 e. The van der Waals surface area contributed by atoms with E-state index in [9.17, 15) is 0 Å². The van der Waals surface area contributed by atoms with Gasteiger partial charge in [-0.25, -0.2) is 0 Å². The van der Waals surface area contributed by atoms with E-state index < -0.39 is 0 Å². The lowest BCUT2D eigenvalue weighted by Crippen LogP contribution is -2.19. The Bertz CT molecular complexity index is 3780. The number of benzene rings is 9. The van der Waals surface area contributed by atoms with Gasteiger partial charge in [-0.15, -0.1) is 0 Å². The Labute approximate surface area is 438 Å². The van der Waals surface area contributed by atoms with E-state index in [1.807, 2.05) is 0 Å². The van der Waals surface area contributed by atoms with Crippen molar-refractivity contribution in [3.05, 3.63) is 256 Å². The van der Waals surface area contributed by atoms with E-state index in [0.717, 1.165) is 35.6 Å². The molecule has 0 saturated heterocycles. The molecule has 0 unspecified atom stereocenters. The van der Waals surface area contributed by atoms with Gasteiger partial charge in [-0.2, -0.15) is 0 Å². The molecule has 0 N–H and O–H groups in total. The average molecular weight is 955 g/mol. The Balaban J connectivity index is 0.849. The number of allylic oxidation sites excluding steroid dienone is 4. The van der Waals surface area contributed by atoms with Gasteiger partial charge in [0.2, 0.25) is 0 Å². The number of rotatable bonds is 7. The minimum Gasteiger partial charge on any atom is -0.310 e. The largest absolute Gasteiger partial charge is 0.310 e. The zero-order valence-corrected chi connectivity index (χ0v) is 43.9. The molecule has 14 rings (SSSR count). The fourth-order valence-electron chi connectivity index (χ4n) is 14.1. The monoisotopic (exact) mass is 954 g/mol. The molecule has 9 aromatic carbocycles. The molecule has 0 aliphatic heterocycles. The van der Waals surface area contributed by atoms with Gasteiger partial charge in [0.25, 0.3) is 0 Å². The van der Waals surface area contributed by atoms with Gasteiger partial charge in [-0.3, -0.25) is 0 Å². The Hall–Kier alpha value is -7.94. The quantitative estimate of drug-likeness (QED) is 0.157. The topological polar surface area (TPSA) is 6.48 Å². The van der Waals surface area contributed by atoms with Crippen molar-refractivity contribution in [3.63, 3.8) is 0 Å². The second-order valence-corrected chi connectivity index (χ2v) is 23.7. The molecule has 74 heavy (non-hydrogen) atoms. The van der Waals surface area contributed by atoms with Gasteiger partial charge in [0.1, 0.15) is 0 Å². The number of hydrogen-bond acceptors (Lipinski definition) is 2. The molecule has 0 radical (unpaired) electrons. The summed E-state index contributed by atoms with van der Waals surface area (Å²) in [4.78, 5) is 4.96. The highest BCUT2D eigenvalue weighted by Gasteiger charge is 2.41. The van der Waals surface area contributed by atoms with Crippen molar-refractivity contribution in [2.75, 3.05) is 9.80 Å². The SMILES string of the molecule is CC1(C)C2=C(C=CCC2)c2ccc(N(c3ccc(-c4ccc(N(c5ccc6c(c5)C(C)(C)c5ccccc5-6)c5ccc6c(c5)C(C)(C)c5ccccc5-6)cc4)cc3)c3ccc4c(c3)C(C)(C)c3ccccc3-4)cc21. The van der Waals surface area contributed by atoms with Crippen LogP contribution in [-0.4, -0.2) is 0 Å². The molecule has 0 amide bonds. The lowest BCUT2D eigenvalue weighted by Gasteiger charge is -2.30. The van der Waals surface area contributed by atoms with E-state index in [1.54, 1.807) is 5.57 Å². The normalized spacial score (nSPS) is 16.9. The summed E-state index contributed by atoms with van der Waals surface area (Å²) in [7, 11) is 0. The van der Waals surface area contributed by atoms with Crippen LogP contribution in [0.4, 0.5) is 34.1 Å². The second-order valence-electron chi connectivity index (χ2n) is 23.7. The van der Waals surface area contributed by atoms with Crippen molar-refractivity contribution in [2.45, 2.75) is 89.9 Å². The van der Waals surface area contributed by atoms with E-state index in [4.69, 9.17) is 0 Å². The molecule has 2 heteroatoms. The van der Waals surface area contributed by atoms with Crippen molar-refractivity contribution in [1.29, 1.82) is 0 Å². The maximum Gasteiger partial charge on any atom is 0.0465 e. The molecule has 0 atom stereocenters. The maximum atomic E-state index is 2.49. The third-order valence-electron chi connectivity index (χ3n) is 18.2. The van der Waals surface area contributed by atoms with Crippen molar-refractivity contribution < 1.29 is 0 Å². The maximum absolute atomic E-state index is 2.49. The summed E-state index contributed by atoms with van der Waals surface area (Å²) in [6, 6.07) is 73.9. The Morgan fingerprint density at radius 3 is 0.986 bits per heavy atom. The second kappa shape index (κ2) is 15.8. The predicted octanol–water partition coefficient (Wildman–Crippen LogP) is 19.6. The van der Waals surface area contributed by atoms with E-state index in [-0.39, 0.29) is 21.7 Å². The lowest BCUT2D eigenvalue weighted by molar-refractivity contribution is 0.607. The predicted molar refractivity (Wildman–Crippen MR) is 312 cm³/mol. The summed E-state index contributed by atoms with van der Waals surface area (Å²) in [5, 5.41) is 0. The summed E-state index contributed by atoms with van der Waals surface area (Å²) in [6.45, 7) is 19.1. The Kier molecular flexibility index (Phi) is 9.54. The van der Waals surface area contributed by atoms with Crippen LogP contribution >= 0.6 is 0 Å². The summed E-state index contributed by atoms with van der Waals surface area (Å²) in [6.07, 6.45) is 6.95. The van der Waals surface area contributed by atoms with Crippen LogP contribution in [0.2, 0.25) is 0 Å². The highest BCUT2D eigenvalue weighted by Crippen LogP contribution is 2.56. The van der Waals surface area contributed by atoms with Crippen molar-refractivity contribution in [3.8, 4) is 44.5 Å². The van der Waals surface area contributed by atoms with E-state index in [2.05, 4.69) is 271 Å². The highest BCUT2D eigenvalue weighted by molar-refractivity contribution is 5.92. The summed E-state index contributed by atoms with van der Waals surface area (Å²) in [5.74, 6) is 0. The molecule has 360 valence electrons. The molecule has 5 aliphatic rings. The fourth-order valence-corrected chi connectivity index (χ4v) is 14.1. The molecule has 0 spiro atoms. The number of fused-ring (bicyclic) bond motifs is 11. The Morgan fingerprint density at radius 2 is 0.608 bits per heavy atom. The third kappa shape index (κ3) is 6.36. The summed E-state index contributed by atoms with van der Waals surface area (Å²) < 4.78 is 0. The van der Waals surface area contributed by atoms with Gasteiger partial charge in [-0.05, 0) is 180 Å². The van der Waals surface area contributed by atoms with Crippen molar-refractivity contribution in [2.24, 2.45) is 0 Å². The van der Waals surface area contributed by atoms with Gasteiger partial charge in [-0.1, -0.05) is 194 Å². The average Bonchev–Trinajstić information content (AvgIpc) is 4.02. The van der Waals surface area contributed by atoms with Crippen molar-refractivity contribution in [1.82, 2.24) is 0 Å². The van der Waals surface area contributed by atoms with Gasteiger partial charge in [0.05, 0.1) is 0 Å². The van der Waals surface area contributed by atoms with Crippen LogP contribution in [-0.2, 0) is 21.7 Å². The fraction of sp³-hybridized carbons (Fsp3) is 0.194. The summed E-state index contributed by atoms with van der Waals surface area (Å²) in [5.41, 5.74) is 31.0. The first-order valence-electron chi connectivity index (χ1n) is 26.8. The molecule has 0 saturated carbocycles. The molecule has 9 aromatic rings. The van der Waals surface area contributed by atoms with Crippen LogP contribution < -0.4 is 9.80 Å². The van der Waals surface area contributed by atoms with E-state index in [1.165, 1.54) is 106 Å². The molecule has 0 fully saturated rings. The number of hydrogen-bond donors (Lipinski definition) is 0. The molecule has 5 aliphatic carbocycles. The number of nitrogens with zero attached hydrogens (tertiary/aromatic N) is 2. The van der Waals surface area contributed by atoms with E-state index in [0.29, 0.717) is 0 Å².